The van der Waals surface area contributed by atoms with Gasteiger partial charge >= 0.3 is 0 Å². The van der Waals surface area contributed by atoms with E-state index in [2.05, 4.69) is 27.5 Å². The summed E-state index contributed by atoms with van der Waals surface area (Å²) in [6, 6.07) is 14.6. The normalized spacial score (nSPS) is 15.3. The van der Waals surface area contributed by atoms with E-state index in [0.717, 1.165) is 44.0 Å². The Labute approximate surface area is 151 Å². The molecule has 1 aliphatic heterocycles. The van der Waals surface area contributed by atoms with Crippen molar-refractivity contribution >= 4 is 0 Å². The number of ether oxygens (including phenoxy) is 1. The van der Waals surface area contributed by atoms with E-state index >= 15 is 0 Å². The Morgan fingerprint density at radius 1 is 0.962 bits per heavy atom. The molecule has 3 aromatic rings. The Morgan fingerprint density at radius 3 is 2.38 bits per heavy atom. The van der Waals surface area contributed by atoms with E-state index in [-0.39, 0.29) is 5.82 Å². The summed E-state index contributed by atoms with van der Waals surface area (Å²) < 4.78 is 18.4. The molecule has 6 nitrogen and oxygen atoms in total. The average molecular weight is 354 g/mol. The van der Waals surface area contributed by atoms with Crippen LogP contribution in [0.1, 0.15) is 11.1 Å². The fourth-order valence-corrected chi connectivity index (χ4v) is 3.08. The van der Waals surface area contributed by atoms with Gasteiger partial charge in [-0.05, 0) is 22.9 Å². The molecule has 134 valence electrons. The smallest absolute Gasteiger partial charge is 0.204 e. The fraction of sp³-hybridized carbons (Fsp3) is 0.316. The highest BCUT2D eigenvalue weighted by atomic mass is 19.1. The van der Waals surface area contributed by atoms with Crippen LogP contribution in [0.2, 0.25) is 0 Å². The Hall–Kier alpha value is -2.64. The van der Waals surface area contributed by atoms with Crippen molar-refractivity contribution in [3.05, 3.63) is 65.5 Å². The highest BCUT2D eigenvalue weighted by Crippen LogP contribution is 2.14. The van der Waals surface area contributed by atoms with E-state index in [1.54, 1.807) is 17.0 Å². The first-order chi connectivity index (χ1) is 12.8. The van der Waals surface area contributed by atoms with Crippen LogP contribution >= 0.6 is 0 Å². The maximum Gasteiger partial charge on any atom is 0.204 e. The summed E-state index contributed by atoms with van der Waals surface area (Å²) >= 11 is 0. The number of nitrogens with one attached hydrogen (secondary N) is 1. The lowest BCUT2D eigenvalue weighted by atomic mass is 10.1. The maximum absolute atomic E-state index is 13.0. The third kappa shape index (κ3) is 4.12. The molecule has 2 heterocycles. The number of nitrogens with zero attached hydrogens (tertiary/aromatic N) is 4. The second-order valence-electron chi connectivity index (χ2n) is 6.51. The summed E-state index contributed by atoms with van der Waals surface area (Å²) in [6.07, 6.45) is 0. The number of benzene rings is 2. The van der Waals surface area contributed by atoms with Crippen molar-refractivity contribution in [3.8, 4) is 11.4 Å². The van der Waals surface area contributed by atoms with Crippen LogP contribution in [-0.4, -0.2) is 46.5 Å². The van der Waals surface area contributed by atoms with Crippen LogP contribution in [0.3, 0.4) is 0 Å². The van der Waals surface area contributed by atoms with Crippen molar-refractivity contribution in [2.45, 2.75) is 13.1 Å². The zero-order valence-corrected chi connectivity index (χ0v) is 14.4. The lowest BCUT2D eigenvalue weighted by Crippen LogP contribution is -3.12. The fourth-order valence-electron chi connectivity index (χ4n) is 3.08. The van der Waals surface area contributed by atoms with E-state index < -0.39 is 0 Å². The zero-order chi connectivity index (χ0) is 17.8. The highest BCUT2D eigenvalue weighted by molar-refractivity contribution is 5.54. The number of quaternary nitrogens is 1. The molecule has 2 aromatic carbocycles. The maximum atomic E-state index is 13.0. The van der Waals surface area contributed by atoms with Gasteiger partial charge in [-0.15, -0.1) is 10.2 Å². The summed E-state index contributed by atoms with van der Waals surface area (Å²) in [5.74, 6) is 0.345. The SMILES string of the molecule is Fc1ccc(Cn2nnc(-c3ccc(C[NH+]4CCOCC4)cc3)n2)cc1. The van der Waals surface area contributed by atoms with Crippen LogP contribution < -0.4 is 4.90 Å². The molecule has 0 unspecified atom stereocenters. The van der Waals surface area contributed by atoms with Crippen LogP contribution in [0.25, 0.3) is 11.4 Å². The number of aromatic nitrogens is 4. The molecule has 0 bridgehead atoms. The first-order valence-electron chi connectivity index (χ1n) is 8.79. The first kappa shape index (κ1) is 16.8. The van der Waals surface area contributed by atoms with Gasteiger partial charge in [0.25, 0.3) is 0 Å². The molecule has 7 heteroatoms. The van der Waals surface area contributed by atoms with Gasteiger partial charge in [0.15, 0.2) is 0 Å². The Bertz CT molecular complexity index is 841. The van der Waals surface area contributed by atoms with Gasteiger partial charge in [0, 0.05) is 11.1 Å². The van der Waals surface area contributed by atoms with E-state index in [0.29, 0.717) is 12.4 Å². The molecule has 1 aromatic heterocycles. The largest absolute Gasteiger partial charge is 0.370 e. The third-order valence-electron chi connectivity index (χ3n) is 4.56. The van der Waals surface area contributed by atoms with Gasteiger partial charge in [-0.3, -0.25) is 0 Å². The van der Waals surface area contributed by atoms with Crippen molar-refractivity contribution in [3.63, 3.8) is 0 Å². The van der Waals surface area contributed by atoms with Gasteiger partial charge < -0.3 is 9.64 Å². The minimum Gasteiger partial charge on any atom is -0.370 e. The molecule has 1 aliphatic rings. The number of hydrogen-bond acceptors (Lipinski definition) is 4. The van der Waals surface area contributed by atoms with Crippen molar-refractivity contribution in [1.29, 1.82) is 0 Å². The summed E-state index contributed by atoms with van der Waals surface area (Å²) in [5.41, 5.74) is 3.17. The predicted molar refractivity (Wildman–Crippen MR) is 94.0 cm³/mol. The third-order valence-corrected chi connectivity index (χ3v) is 4.56. The summed E-state index contributed by atoms with van der Waals surface area (Å²) in [7, 11) is 0. The molecule has 1 saturated heterocycles. The topological polar surface area (TPSA) is 57.3 Å². The van der Waals surface area contributed by atoms with Crippen molar-refractivity contribution in [2.75, 3.05) is 26.3 Å². The van der Waals surface area contributed by atoms with Crippen molar-refractivity contribution < 1.29 is 14.0 Å². The standard InChI is InChI=1S/C19H20FN5O/c20-18-7-3-16(4-8-18)14-25-22-19(21-23-25)17-5-1-15(2-6-17)13-24-9-11-26-12-10-24/h1-8H,9-14H2/p+1. The predicted octanol–water partition coefficient (Wildman–Crippen LogP) is 0.943. The van der Waals surface area contributed by atoms with Gasteiger partial charge in [-0.25, -0.2) is 4.39 Å². The van der Waals surface area contributed by atoms with Gasteiger partial charge in [-0.2, -0.15) is 4.80 Å². The van der Waals surface area contributed by atoms with E-state index in [4.69, 9.17) is 4.74 Å². The summed E-state index contributed by atoms with van der Waals surface area (Å²) in [4.78, 5) is 3.07. The van der Waals surface area contributed by atoms with Gasteiger partial charge in [0.1, 0.15) is 25.5 Å². The monoisotopic (exact) mass is 354 g/mol. The number of morpholine rings is 1. The number of halogens is 1. The number of hydrogen-bond donors (Lipinski definition) is 1. The Balaban J connectivity index is 1.41. The minimum atomic E-state index is -0.250. The minimum absolute atomic E-state index is 0.250. The van der Waals surface area contributed by atoms with Gasteiger partial charge in [-0.1, -0.05) is 36.4 Å². The molecule has 26 heavy (non-hydrogen) atoms. The van der Waals surface area contributed by atoms with Crippen LogP contribution in [0, 0.1) is 5.82 Å². The molecule has 1 N–H and O–H groups in total. The zero-order valence-electron chi connectivity index (χ0n) is 14.4. The highest BCUT2D eigenvalue weighted by Gasteiger charge is 2.14. The van der Waals surface area contributed by atoms with Crippen LogP contribution in [0.5, 0.6) is 0 Å². The average Bonchev–Trinajstić information content (AvgIpc) is 3.14. The Morgan fingerprint density at radius 2 is 1.65 bits per heavy atom. The lowest BCUT2D eigenvalue weighted by molar-refractivity contribution is -0.921. The number of tetrazole rings is 1. The van der Waals surface area contributed by atoms with Gasteiger partial charge in [0.05, 0.1) is 19.8 Å². The van der Waals surface area contributed by atoms with E-state index in [9.17, 15) is 4.39 Å². The molecule has 0 saturated carbocycles. The lowest BCUT2D eigenvalue weighted by Gasteiger charge is -2.23. The molecule has 0 aliphatic carbocycles. The Kier molecular flexibility index (Phi) is 4.99. The second kappa shape index (κ2) is 7.72. The molecular weight excluding hydrogens is 333 g/mol. The molecule has 4 rings (SSSR count). The molecule has 0 radical (unpaired) electrons. The summed E-state index contributed by atoms with van der Waals surface area (Å²) in [5, 5.41) is 12.6. The summed E-state index contributed by atoms with van der Waals surface area (Å²) in [6.45, 7) is 5.27. The first-order valence-corrected chi connectivity index (χ1v) is 8.79. The van der Waals surface area contributed by atoms with E-state index in [1.165, 1.54) is 22.5 Å². The van der Waals surface area contributed by atoms with E-state index in [1.807, 2.05) is 12.1 Å². The van der Waals surface area contributed by atoms with Gasteiger partial charge in [0.2, 0.25) is 5.82 Å². The van der Waals surface area contributed by atoms with Crippen LogP contribution in [0.4, 0.5) is 4.39 Å². The van der Waals surface area contributed by atoms with Crippen molar-refractivity contribution in [2.24, 2.45) is 0 Å². The quantitative estimate of drug-likeness (QED) is 0.741. The molecular formula is C19H21FN5O+. The van der Waals surface area contributed by atoms with Crippen LogP contribution in [0.15, 0.2) is 48.5 Å². The molecule has 0 amide bonds. The molecule has 1 fully saturated rings. The number of rotatable bonds is 5. The van der Waals surface area contributed by atoms with Crippen LogP contribution in [-0.2, 0) is 17.8 Å². The molecule has 0 atom stereocenters. The second-order valence-corrected chi connectivity index (χ2v) is 6.51. The van der Waals surface area contributed by atoms with Crippen molar-refractivity contribution in [1.82, 2.24) is 20.2 Å². The molecule has 0 spiro atoms.